The zero-order chi connectivity index (χ0) is 14.0. The molecule has 0 aliphatic heterocycles. The Morgan fingerprint density at radius 1 is 1.26 bits per heavy atom. The maximum Gasteiger partial charge on any atom is 0.340 e. The molecule has 0 aliphatic carbocycles. The fourth-order valence-electron chi connectivity index (χ4n) is 2.15. The van der Waals surface area contributed by atoms with Crippen molar-refractivity contribution in [2.75, 3.05) is 6.61 Å². The second-order valence-electron chi connectivity index (χ2n) is 4.66. The van der Waals surface area contributed by atoms with E-state index in [1.165, 1.54) is 0 Å². The summed E-state index contributed by atoms with van der Waals surface area (Å²) >= 11 is 0. The van der Waals surface area contributed by atoms with E-state index >= 15 is 0 Å². The van der Waals surface area contributed by atoms with Gasteiger partial charge >= 0.3 is 5.97 Å². The van der Waals surface area contributed by atoms with E-state index in [-0.39, 0.29) is 11.5 Å². The number of rotatable bonds is 3. The zero-order valence-electron chi connectivity index (χ0n) is 11.3. The Kier molecular flexibility index (Phi) is 3.69. The van der Waals surface area contributed by atoms with E-state index in [9.17, 15) is 9.59 Å². The third kappa shape index (κ3) is 2.38. The number of aromatic amines is 1. The largest absolute Gasteiger partial charge is 0.462 e. The van der Waals surface area contributed by atoms with Gasteiger partial charge < -0.3 is 9.72 Å². The van der Waals surface area contributed by atoms with Gasteiger partial charge in [0.25, 0.3) is 5.56 Å². The number of H-pyrrole nitrogens is 1. The smallest absolute Gasteiger partial charge is 0.340 e. The molecule has 4 nitrogen and oxygen atoms in total. The molecule has 2 aromatic rings. The number of hydrogen-bond acceptors (Lipinski definition) is 3. The summed E-state index contributed by atoms with van der Waals surface area (Å²) in [6, 6.07) is 7.08. The van der Waals surface area contributed by atoms with E-state index in [4.69, 9.17) is 4.74 Å². The maximum absolute atomic E-state index is 12.2. The number of benzene rings is 1. The Balaban J connectivity index is 2.83. The number of hydrogen-bond donors (Lipinski definition) is 1. The minimum Gasteiger partial charge on any atom is -0.462 e. The molecule has 4 heteroatoms. The Hall–Kier alpha value is -2.10. The van der Waals surface area contributed by atoms with Gasteiger partial charge in [0.05, 0.1) is 12.2 Å². The molecule has 0 bridgehead atoms. The second-order valence-corrected chi connectivity index (χ2v) is 4.66. The van der Waals surface area contributed by atoms with Crippen LogP contribution >= 0.6 is 0 Å². The number of esters is 1. The van der Waals surface area contributed by atoms with Gasteiger partial charge in [-0.1, -0.05) is 32.0 Å². The highest BCUT2D eigenvalue weighted by Crippen LogP contribution is 2.24. The molecule has 0 amide bonds. The summed E-state index contributed by atoms with van der Waals surface area (Å²) in [6.07, 6.45) is 0. The van der Waals surface area contributed by atoms with Crippen molar-refractivity contribution in [3.63, 3.8) is 0 Å². The summed E-state index contributed by atoms with van der Waals surface area (Å²) in [7, 11) is 0. The highest BCUT2D eigenvalue weighted by atomic mass is 16.5. The molecule has 0 saturated heterocycles. The van der Waals surface area contributed by atoms with E-state index in [1.807, 2.05) is 19.9 Å². The van der Waals surface area contributed by atoms with Crippen LogP contribution in [0.5, 0.6) is 0 Å². The fourth-order valence-corrected chi connectivity index (χ4v) is 2.15. The molecular weight excluding hydrogens is 242 g/mol. The highest BCUT2D eigenvalue weighted by molar-refractivity contribution is 6.05. The van der Waals surface area contributed by atoms with Crippen LogP contribution in [0.1, 0.15) is 42.7 Å². The molecule has 2 rings (SSSR count). The van der Waals surface area contributed by atoms with Gasteiger partial charge in [-0.25, -0.2) is 4.79 Å². The van der Waals surface area contributed by atoms with Gasteiger partial charge in [0.15, 0.2) is 0 Å². The third-order valence-electron chi connectivity index (χ3n) is 3.02. The molecule has 100 valence electrons. The fraction of sp³-hybridized carbons (Fsp3) is 0.333. The summed E-state index contributed by atoms with van der Waals surface area (Å²) in [4.78, 5) is 27.0. The van der Waals surface area contributed by atoms with Crippen LogP contribution in [-0.2, 0) is 4.74 Å². The Bertz CT molecular complexity index is 671. The SMILES string of the molecule is CCOC(=O)c1c(C(C)C)[nH]c(=O)c2ccccc12. The summed E-state index contributed by atoms with van der Waals surface area (Å²) in [5.74, 6) is -0.352. The molecule has 1 heterocycles. The first-order valence-electron chi connectivity index (χ1n) is 6.38. The molecule has 19 heavy (non-hydrogen) atoms. The van der Waals surface area contributed by atoms with Gasteiger partial charge in [-0.2, -0.15) is 0 Å². The standard InChI is InChI=1S/C15H17NO3/c1-4-19-15(18)12-10-7-5-6-8-11(10)14(17)16-13(12)9(2)3/h5-9H,4H2,1-3H3,(H,16,17). The normalized spacial score (nSPS) is 10.9. The Labute approximate surface area is 111 Å². The molecule has 0 atom stereocenters. The van der Waals surface area contributed by atoms with Gasteiger partial charge in [-0.15, -0.1) is 0 Å². The first kappa shape index (κ1) is 13.3. The average molecular weight is 259 g/mol. The van der Waals surface area contributed by atoms with Crippen LogP contribution in [0.15, 0.2) is 29.1 Å². The highest BCUT2D eigenvalue weighted by Gasteiger charge is 2.20. The van der Waals surface area contributed by atoms with Crippen LogP contribution in [-0.4, -0.2) is 17.6 Å². The average Bonchev–Trinajstić information content (AvgIpc) is 2.38. The zero-order valence-corrected chi connectivity index (χ0v) is 11.3. The number of carbonyl (C=O) groups excluding carboxylic acids is 1. The molecule has 1 aromatic carbocycles. The summed E-state index contributed by atoms with van der Waals surface area (Å²) in [5, 5.41) is 1.16. The topological polar surface area (TPSA) is 59.2 Å². The lowest BCUT2D eigenvalue weighted by atomic mass is 9.98. The van der Waals surface area contributed by atoms with Crippen molar-refractivity contribution in [1.82, 2.24) is 4.98 Å². The van der Waals surface area contributed by atoms with Gasteiger partial charge in [-0.3, -0.25) is 4.79 Å². The Morgan fingerprint density at radius 2 is 1.89 bits per heavy atom. The molecule has 0 fully saturated rings. The molecule has 1 aromatic heterocycles. The van der Waals surface area contributed by atoms with E-state index < -0.39 is 5.97 Å². The van der Waals surface area contributed by atoms with Crippen LogP contribution in [0.3, 0.4) is 0 Å². The van der Waals surface area contributed by atoms with E-state index in [1.54, 1.807) is 25.1 Å². The minimum atomic E-state index is -0.390. The summed E-state index contributed by atoms with van der Waals surface area (Å²) in [6.45, 7) is 5.94. The van der Waals surface area contributed by atoms with Crippen LogP contribution in [0.25, 0.3) is 10.8 Å². The molecule has 0 unspecified atom stereocenters. The van der Waals surface area contributed by atoms with Crippen molar-refractivity contribution in [1.29, 1.82) is 0 Å². The van der Waals surface area contributed by atoms with Crippen molar-refractivity contribution in [3.05, 3.63) is 45.9 Å². The molecular formula is C15H17NO3. The lowest BCUT2D eigenvalue weighted by molar-refractivity contribution is 0.0526. The monoisotopic (exact) mass is 259 g/mol. The van der Waals surface area contributed by atoms with Crippen LogP contribution in [0.4, 0.5) is 0 Å². The van der Waals surface area contributed by atoms with E-state index in [0.29, 0.717) is 28.6 Å². The van der Waals surface area contributed by atoms with Gasteiger partial charge in [0.2, 0.25) is 0 Å². The number of pyridine rings is 1. The van der Waals surface area contributed by atoms with Crippen LogP contribution in [0, 0.1) is 0 Å². The number of carbonyl (C=O) groups is 1. The van der Waals surface area contributed by atoms with E-state index in [0.717, 1.165) is 0 Å². The molecule has 0 aliphatic rings. The van der Waals surface area contributed by atoms with Crippen molar-refractivity contribution in [2.45, 2.75) is 26.7 Å². The van der Waals surface area contributed by atoms with Crippen molar-refractivity contribution < 1.29 is 9.53 Å². The Morgan fingerprint density at radius 3 is 2.47 bits per heavy atom. The number of aromatic nitrogens is 1. The number of ether oxygens (including phenoxy) is 1. The van der Waals surface area contributed by atoms with Crippen LogP contribution in [0.2, 0.25) is 0 Å². The molecule has 0 radical (unpaired) electrons. The van der Waals surface area contributed by atoms with Gasteiger partial charge in [0, 0.05) is 16.5 Å². The quantitative estimate of drug-likeness (QED) is 0.862. The maximum atomic E-state index is 12.2. The predicted molar refractivity (Wildman–Crippen MR) is 74.6 cm³/mol. The first-order valence-corrected chi connectivity index (χ1v) is 6.38. The predicted octanol–water partition coefficient (Wildman–Crippen LogP) is 2.83. The molecule has 0 spiro atoms. The summed E-state index contributed by atoms with van der Waals surface area (Å²) in [5.41, 5.74) is 0.918. The van der Waals surface area contributed by atoms with Crippen molar-refractivity contribution >= 4 is 16.7 Å². The number of fused-ring (bicyclic) bond motifs is 1. The van der Waals surface area contributed by atoms with Crippen molar-refractivity contribution in [2.24, 2.45) is 0 Å². The van der Waals surface area contributed by atoms with Crippen LogP contribution < -0.4 is 5.56 Å². The van der Waals surface area contributed by atoms with Gasteiger partial charge in [0.1, 0.15) is 0 Å². The lowest BCUT2D eigenvalue weighted by Gasteiger charge is -2.14. The first-order chi connectivity index (χ1) is 9.06. The third-order valence-corrected chi connectivity index (χ3v) is 3.02. The minimum absolute atomic E-state index is 0.0386. The number of nitrogens with one attached hydrogen (secondary N) is 1. The van der Waals surface area contributed by atoms with Gasteiger partial charge in [-0.05, 0) is 18.9 Å². The van der Waals surface area contributed by atoms with Crippen molar-refractivity contribution in [3.8, 4) is 0 Å². The molecule has 0 saturated carbocycles. The van der Waals surface area contributed by atoms with E-state index in [2.05, 4.69) is 4.98 Å². The lowest BCUT2D eigenvalue weighted by Crippen LogP contribution is -2.18. The second kappa shape index (κ2) is 5.26. The molecule has 1 N–H and O–H groups in total. The summed E-state index contributed by atoms with van der Waals surface area (Å²) < 4.78 is 5.11.